The maximum Gasteiger partial charge on any atom is 0.225 e. The van der Waals surface area contributed by atoms with Crippen LogP contribution in [0.25, 0.3) is 0 Å². The van der Waals surface area contributed by atoms with Crippen molar-refractivity contribution in [2.45, 2.75) is 39.7 Å². The van der Waals surface area contributed by atoms with Crippen molar-refractivity contribution in [3.63, 3.8) is 0 Å². The van der Waals surface area contributed by atoms with Crippen LogP contribution in [0.2, 0.25) is 0 Å². The number of hydrogen-bond donors (Lipinski definition) is 1. The third-order valence-electron chi connectivity index (χ3n) is 3.40. The Balaban J connectivity index is 2.17. The fourth-order valence-corrected chi connectivity index (χ4v) is 2.33. The molecule has 1 atom stereocenters. The van der Waals surface area contributed by atoms with Crippen LogP contribution in [-0.2, 0) is 6.54 Å². The van der Waals surface area contributed by atoms with E-state index in [2.05, 4.69) is 21.8 Å². The molecule has 1 saturated heterocycles. The van der Waals surface area contributed by atoms with E-state index in [1.165, 1.54) is 19.3 Å². The fourth-order valence-electron chi connectivity index (χ4n) is 2.33. The molecule has 2 heterocycles. The molecule has 0 spiro atoms. The summed E-state index contributed by atoms with van der Waals surface area (Å²) in [6, 6.07) is 1.96. The van der Waals surface area contributed by atoms with Crippen LogP contribution in [-0.4, -0.2) is 23.1 Å². The van der Waals surface area contributed by atoms with Crippen molar-refractivity contribution in [3.8, 4) is 0 Å². The highest BCUT2D eigenvalue weighted by Crippen LogP contribution is 2.20. The van der Waals surface area contributed by atoms with Gasteiger partial charge in [0.05, 0.1) is 5.69 Å². The zero-order valence-electron chi connectivity index (χ0n) is 10.8. The Morgan fingerprint density at radius 2 is 2.18 bits per heavy atom. The van der Waals surface area contributed by atoms with Gasteiger partial charge in [-0.25, -0.2) is 9.97 Å². The average Bonchev–Trinajstić information content (AvgIpc) is 2.53. The van der Waals surface area contributed by atoms with E-state index in [0.29, 0.717) is 6.54 Å². The Kier molecular flexibility index (Phi) is 3.94. The summed E-state index contributed by atoms with van der Waals surface area (Å²) in [4.78, 5) is 11.4. The first-order valence-corrected chi connectivity index (χ1v) is 6.48. The Bertz CT molecular complexity index is 378. The largest absolute Gasteiger partial charge is 0.341 e. The zero-order chi connectivity index (χ0) is 12.3. The molecular formula is C13H22N4. The summed E-state index contributed by atoms with van der Waals surface area (Å²) in [5.41, 5.74) is 7.60. The van der Waals surface area contributed by atoms with Gasteiger partial charge in [-0.2, -0.15) is 0 Å². The third kappa shape index (κ3) is 3.16. The standard InChI is InChI=1S/C13H22N4/c1-10-4-3-6-17(7-5-10)13-15-11(2)8-12(9-14)16-13/h8,10H,3-7,9,14H2,1-2H3. The van der Waals surface area contributed by atoms with Crippen molar-refractivity contribution in [2.75, 3.05) is 18.0 Å². The van der Waals surface area contributed by atoms with Crippen LogP contribution in [0.1, 0.15) is 37.6 Å². The summed E-state index contributed by atoms with van der Waals surface area (Å²) in [5.74, 6) is 1.68. The lowest BCUT2D eigenvalue weighted by molar-refractivity contribution is 0.521. The quantitative estimate of drug-likeness (QED) is 0.848. The van der Waals surface area contributed by atoms with E-state index in [9.17, 15) is 0 Å². The van der Waals surface area contributed by atoms with Gasteiger partial charge in [-0.1, -0.05) is 6.92 Å². The molecule has 0 radical (unpaired) electrons. The first-order chi connectivity index (χ1) is 8.19. The highest BCUT2D eigenvalue weighted by Gasteiger charge is 2.16. The van der Waals surface area contributed by atoms with Gasteiger partial charge in [-0.3, -0.25) is 0 Å². The topological polar surface area (TPSA) is 55.0 Å². The number of aromatic nitrogens is 2. The summed E-state index contributed by atoms with van der Waals surface area (Å²) in [6.45, 7) is 6.95. The van der Waals surface area contributed by atoms with Gasteiger partial charge in [-0.15, -0.1) is 0 Å². The Morgan fingerprint density at radius 1 is 1.35 bits per heavy atom. The van der Waals surface area contributed by atoms with Crippen LogP contribution in [0.15, 0.2) is 6.07 Å². The first-order valence-electron chi connectivity index (χ1n) is 6.48. The van der Waals surface area contributed by atoms with E-state index in [1.807, 2.05) is 13.0 Å². The van der Waals surface area contributed by atoms with Crippen LogP contribution in [0.4, 0.5) is 5.95 Å². The van der Waals surface area contributed by atoms with Gasteiger partial charge < -0.3 is 10.6 Å². The summed E-state index contributed by atoms with van der Waals surface area (Å²) in [5, 5.41) is 0. The molecule has 1 unspecified atom stereocenters. The molecule has 1 aromatic rings. The van der Waals surface area contributed by atoms with Gasteiger partial charge in [0.15, 0.2) is 0 Å². The lowest BCUT2D eigenvalue weighted by Gasteiger charge is -2.21. The summed E-state index contributed by atoms with van der Waals surface area (Å²) < 4.78 is 0. The van der Waals surface area contributed by atoms with Crippen LogP contribution in [0.3, 0.4) is 0 Å². The van der Waals surface area contributed by atoms with Crippen molar-refractivity contribution in [2.24, 2.45) is 11.7 Å². The van der Waals surface area contributed by atoms with E-state index >= 15 is 0 Å². The molecule has 94 valence electrons. The van der Waals surface area contributed by atoms with E-state index in [1.54, 1.807) is 0 Å². The van der Waals surface area contributed by atoms with Crippen molar-refractivity contribution in [1.82, 2.24) is 9.97 Å². The minimum atomic E-state index is 0.487. The molecule has 1 aliphatic heterocycles. The Morgan fingerprint density at radius 3 is 2.94 bits per heavy atom. The van der Waals surface area contributed by atoms with Crippen LogP contribution >= 0.6 is 0 Å². The molecule has 0 amide bonds. The van der Waals surface area contributed by atoms with Crippen LogP contribution < -0.4 is 10.6 Å². The maximum absolute atomic E-state index is 5.66. The number of rotatable bonds is 2. The highest BCUT2D eigenvalue weighted by atomic mass is 15.2. The van der Waals surface area contributed by atoms with Crippen molar-refractivity contribution in [1.29, 1.82) is 0 Å². The van der Waals surface area contributed by atoms with E-state index in [4.69, 9.17) is 5.73 Å². The highest BCUT2D eigenvalue weighted by molar-refractivity contribution is 5.32. The number of hydrogen-bond acceptors (Lipinski definition) is 4. The average molecular weight is 234 g/mol. The van der Waals surface area contributed by atoms with E-state index in [0.717, 1.165) is 36.3 Å². The third-order valence-corrected chi connectivity index (χ3v) is 3.40. The fraction of sp³-hybridized carbons (Fsp3) is 0.692. The predicted octanol–water partition coefficient (Wildman–Crippen LogP) is 1.87. The Labute approximate surface area is 103 Å². The zero-order valence-corrected chi connectivity index (χ0v) is 10.8. The predicted molar refractivity (Wildman–Crippen MR) is 69.9 cm³/mol. The van der Waals surface area contributed by atoms with Gasteiger partial charge in [0, 0.05) is 25.3 Å². The summed E-state index contributed by atoms with van der Waals surface area (Å²) in [6.07, 6.45) is 3.78. The molecule has 2 rings (SSSR count). The van der Waals surface area contributed by atoms with Gasteiger partial charge in [0.2, 0.25) is 5.95 Å². The number of nitrogens with zero attached hydrogens (tertiary/aromatic N) is 3. The molecule has 4 heteroatoms. The van der Waals surface area contributed by atoms with Crippen molar-refractivity contribution in [3.05, 3.63) is 17.5 Å². The monoisotopic (exact) mass is 234 g/mol. The van der Waals surface area contributed by atoms with Gasteiger partial charge in [0.1, 0.15) is 0 Å². The molecule has 0 bridgehead atoms. The number of nitrogens with two attached hydrogens (primary N) is 1. The molecule has 17 heavy (non-hydrogen) atoms. The summed E-state index contributed by atoms with van der Waals surface area (Å²) in [7, 11) is 0. The van der Waals surface area contributed by atoms with Gasteiger partial charge in [0.25, 0.3) is 0 Å². The van der Waals surface area contributed by atoms with E-state index in [-0.39, 0.29) is 0 Å². The lowest BCUT2D eigenvalue weighted by Crippen LogP contribution is -2.27. The van der Waals surface area contributed by atoms with Crippen molar-refractivity contribution >= 4 is 5.95 Å². The lowest BCUT2D eigenvalue weighted by atomic mass is 10.0. The molecule has 2 N–H and O–H groups in total. The first kappa shape index (κ1) is 12.3. The molecular weight excluding hydrogens is 212 g/mol. The van der Waals surface area contributed by atoms with Gasteiger partial charge >= 0.3 is 0 Å². The SMILES string of the molecule is Cc1cc(CN)nc(N2CCCC(C)CC2)n1. The normalized spacial score (nSPS) is 21.4. The smallest absolute Gasteiger partial charge is 0.225 e. The second-order valence-corrected chi connectivity index (χ2v) is 5.03. The molecule has 1 fully saturated rings. The van der Waals surface area contributed by atoms with Crippen LogP contribution in [0.5, 0.6) is 0 Å². The Hall–Kier alpha value is -1.16. The van der Waals surface area contributed by atoms with E-state index < -0.39 is 0 Å². The second-order valence-electron chi connectivity index (χ2n) is 5.03. The number of anilines is 1. The molecule has 1 aliphatic rings. The second kappa shape index (κ2) is 5.45. The minimum Gasteiger partial charge on any atom is -0.341 e. The van der Waals surface area contributed by atoms with Crippen molar-refractivity contribution < 1.29 is 0 Å². The molecule has 4 nitrogen and oxygen atoms in total. The number of aryl methyl sites for hydroxylation is 1. The molecule has 0 aliphatic carbocycles. The van der Waals surface area contributed by atoms with Crippen LogP contribution in [0, 0.1) is 12.8 Å². The van der Waals surface area contributed by atoms with Gasteiger partial charge in [-0.05, 0) is 38.2 Å². The maximum atomic E-state index is 5.66. The minimum absolute atomic E-state index is 0.487. The molecule has 0 saturated carbocycles. The molecule has 0 aromatic carbocycles. The summed E-state index contributed by atoms with van der Waals surface area (Å²) >= 11 is 0. The molecule has 1 aromatic heterocycles.